The van der Waals surface area contributed by atoms with Crippen molar-refractivity contribution < 1.29 is 9.21 Å². The zero-order chi connectivity index (χ0) is 21.3. The Labute approximate surface area is 179 Å². The summed E-state index contributed by atoms with van der Waals surface area (Å²) in [5.41, 5.74) is 1.09. The SMILES string of the molecule is CCCCCCCCNc1nc2sc(C(=O)NCc3ccncc3)c(C)c2c(=O)o1. The number of hydrogen-bond acceptors (Lipinski definition) is 7. The number of rotatable bonds is 11. The van der Waals surface area contributed by atoms with Crippen LogP contribution in [0.4, 0.5) is 6.01 Å². The molecule has 0 aromatic carbocycles. The van der Waals surface area contributed by atoms with Gasteiger partial charge in [0.15, 0.2) is 0 Å². The van der Waals surface area contributed by atoms with E-state index < -0.39 is 5.63 Å². The Hall–Kier alpha value is -2.74. The first-order valence-electron chi connectivity index (χ1n) is 10.5. The summed E-state index contributed by atoms with van der Waals surface area (Å²) in [5.74, 6) is -0.228. The van der Waals surface area contributed by atoms with Crippen molar-refractivity contribution in [2.24, 2.45) is 0 Å². The molecule has 0 radical (unpaired) electrons. The minimum atomic E-state index is -0.465. The van der Waals surface area contributed by atoms with Crippen LogP contribution in [-0.4, -0.2) is 22.4 Å². The molecule has 0 aliphatic carbocycles. The third-order valence-corrected chi connectivity index (χ3v) is 6.12. The highest BCUT2D eigenvalue weighted by atomic mass is 32.1. The third kappa shape index (κ3) is 5.66. The number of thiophene rings is 1. The van der Waals surface area contributed by atoms with Crippen molar-refractivity contribution >= 4 is 33.5 Å². The predicted molar refractivity (Wildman–Crippen MR) is 120 cm³/mol. The normalized spacial score (nSPS) is 11.0. The van der Waals surface area contributed by atoms with Crippen LogP contribution in [0.15, 0.2) is 33.7 Å². The van der Waals surface area contributed by atoms with Gasteiger partial charge in [-0.05, 0) is 36.6 Å². The fourth-order valence-electron chi connectivity index (χ4n) is 3.23. The molecule has 7 nitrogen and oxygen atoms in total. The lowest BCUT2D eigenvalue weighted by molar-refractivity contribution is 0.0954. The Kier molecular flexibility index (Phi) is 7.96. The van der Waals surface area contributed by atoms with Crippen molar-refractivity contribution in [1.82, 2.24) is 15.3 Å². The van der Waals surface area contributed by atoms with E-state index in [0.29, 0.717) is 33.7 Å². The van der Waals surface area contributed by atoms with Crippen LogP contribution in [0.3, 0.4) is 0 Å². The maximum absolute atomic E-state index is 12.6. The number of carbonyl (C=O) groups excluding carboxylic acids is 1. The number of pyridine rings is 1. The number of amides is 1. The van der Waals surface area contributed by atoms with Gasteiger partial charge in [-0.25, -0.2) is 4.79 Å². The first-order valence-corrected chi connectivity index (χ1v) is 11.3. The Morgan fingerprint density at radius 1 is 1.13 bits per heavy atom. The number of nitrogens with zero attached hydrogens (tertiary/aromatic N) is 2. The van der Waals surface area contributed by atoms with Crippen LogP contribution in [0.25, 0.3) is 10.2 Å². The van der Waals surface area contributed by atoms with Gasteiger partial charge in [0.05, 0.1) is 4.88 Å². The molecule has 0 fully saturated rings. The third-order valence-electron chi connectivity index (χ3n) is 4.94. The number of hydrogen-bond donors (Lipinski definition) is 2. The molecule has 3 aromatic heterocycles. The lowest BCUT2D eigenvalue weighted by atomic mass is 10.1. The molecule has 0 saturated carbocycles. The van der Waals surface area contributed by atoms with Gasteiger partial charge < -0.3 is 15.1 Å². The zero-order valence-corrected chi connectivity index (χ0v) is 18.3. The number of carbonyl (C=O) groups is 1. The number of aromatic nitrogens is 2. The standard InChI is InChI=1S/C22H28N4O3S/c1-3-4-5-6-7-8-11-24-22-26-20-17(21(28)29-22)15(2)18(30-20)19(27)25-14-16-9-12-23-13-10-16/h9-10,12-13H,3-8,11,14H2,1-2H3,(H,24,26)(H,25,27). The monoisotopic (exact) mass is 428 g/mol. The van der Waals surface area contributed by atoms with Crippen LogP contribution in [0, 0.1) is 6.92 Å². The van der Waals surface area contributed by atoms with E-state index in [2.05, 4.69) is 27.5 Å². The van der Waals surface area contributed by atoms with Gasteiger partial charge in [-0.15, -0.1) is 11.3 Å². The van der Waals surface area contributed by atoms with E-state index in [1.807, 2.05) is 12.1 Å². The molecule has 3 heterocycles. The Balaban J connectivity index is 1.63. The van der Waals surface area contributed by atoms with Gasteiger partial charge in [0, 0.05) is 25.5 Å². The molecular weight excluding hydrogens is 400 g/mol. The first-order chi connectivity index (χ1) is 14.6. The molecule has 0 spiro atoms. The van der Waals surface area contributed by atoms with Crippen LogP contribution < -0.4 is 16.3 Å². The molecule has 160 valence electrons. The van der Waals surface area contributed by atoms with E-state index in [9.17, 15) is 9.59 Å². The van der Waals surface area contributed by atoms with Gasteiger partial charge in [0.2, 0.25) is 0 Å². The summed E-state index contributed by atoms with van der Waals surface area (Å²) < 4.78 is 5.33. The second-order valence-electron chi connectivity index (χ2n) is 7.28. The van der Waals surface area contributed by atoms with Gasteiger partial charge in [-0.1, -0.05) is 39.0 Å². The summed E-state index contributed by atoms with van der Waals surface area (Å²) in [6.45, 7) is 5.05. The van der Waals surface area contributed by atoms with Gasteiger partial charge in [0.25, 0.3) is 11.9 Å². The Morgan fingerprint density at radius 2 is 1.87 bits per heavy atom. The largest absolute Gasteiger partial charge is 0.389 e. The quantitative estimate of drug-likeness (QED) is 0.431. The van der Waals surface area contributed by atoms with Crippen molar-refractivity contribution in [2.75, 3.05) is 11.9 Å². The van der Waals surface area contributed by atoms with Crippen molar-refractivity contribution in [2.45, 2.75) is 58.9 Å². The molecule has 3 rings (SSSR count). The Morgan fingerprint density at radius 3 is 2.63 bits per heavy atom. The smallest absolute Gasteiger partial charge is 0.349 e. The molecule has 30 heavy (non-hydrogen) atoms. The van der Waals surface area contributed by atoms with Crippen molar-refractivity contribution in [1.29, 1.82) is 0 Å². The molecule has 8 heteroatoms. The summed E-state index contributed by atoms with van der Waals surface area (Å²) in [4.78, 5) is 34.5. The average molecular weight is 429 g/mol. The average Bonchev–Trinajstić information content (AvgIpc) is 3.09. The molecule has 3 aromatic rings. The fraction of sp³-hybridized carbons (Fsp3) is 0.455. The van der Waals surface area contributed by atoms with E-state index in [-0.39, 0.29) is 11.9 Å². The molecule has 1 amide bonds. The number of fused-ring (bicyclic) bond motifs is 1. The van der Waals surface area contributed by atoms with Crippen molar-refractivity contribution in [3.8, 4) is 0 Å². The highest BCUT2D eigenvalue weighted by Gasteiger charge is 2.20. The maximum Gasteiger partial charge on any atom is 0.349 e. The maximum atomic E-state index is 12.6. The summed E-state index contributed by atoms with van der Waals surface area (Å²) >= 11 is 1.21. The van der Waals surface area contributed by atoms with E-state index in [1.54, 1.807) is 19.3 Å². The molecule has 0 unspecified atom stereocenters. The van der Waals surface area contributed by atoms with E-state index in [1.165, 1.54) is 37.0 Å². The van der Waals surface area contributed by atoms with Crippen LogP contribution in [0.2, 0.25) is 0 Å². The highest BCUT2D eigenvalue weighted by Crippen LogP contribution is 2.28. The van der Waals surface area contributed by atoms with Gasteiger partial charge in [-0.3, -0.25) is 9.78 Å². The van der Waals surface area contributed by atoms with E-state index in [0.717, 1.165) is 18.4 Å². The highest BCUT2D eigenvalue weighted by molar-refractivity contribution is 7.20. The van der Waals surface area contributed by atoms with E-state index >= 15 is 0 Å². The number of anilines is 1. The van der Waals surface area contributed by atoms with Gasteiger partial charge >= 0.3 is 5.63 Å². The molecular formula is C22H28N4O3S. The van der Waals surface area contributed by atoms with Crippen molar-refractivity contribution in [3.05, 3.63) is 51.0 Å². The second kappa shape index (κ2) is 10.9. The number of nitrogens with one attached hydrogen (secondary N) is 2. The van der Waals surface area contributed by atoms with E-state index in [4.69, 9.17) is 4.42 Å². The summed E-state index contributed by atoms with van der Waals surface area (Å²) in [6, 6.07) is 3.90. The van der Waals surface area contributed by atoms with Crippen LogP contribution in [0.5, 0.6) is 0 Å². The number of unbranched alkanes of at least 4 members (excludes halogenated alkanes) is 5. The fourth-order valence-corrected chi connectivity index (χ4v) is 4.31. The van der Waals surface area contributed by atoms with Gasteiger partial charge in [0.1, 0.15) is 10.2 Å². The number of aryl methyl sites for hydroxylation is 1. The summed E-state index contributed by atoms with van der Waals surface area (Å²) in [7, 11) is 0. The Bertz CT molecular complexity index is 1030. The molecule has 0 saturated heterocycles. The molecule has 0 atom stereocenters. The topological polar surface area (TPSA) is 97.1 Å². The molecule has 0 aliphatic heterocycles. The lowest BCUT2D eigenvalue weighted by Gasteiger charge is -2.04. The lowest BCUT2D eigenvalue weighted by Crippen LogP contribution is -2.22. The van der Waals surface area contributed by atoms with Crippen LogP contribution >= 0.6 is 11.3 Å². The minimum absolute atomic E-state index is 0.214. The predicted octanol–water partition coefficient (Wildman–Crippen LogP) is 4.66. The zero-order valence-electron chi connectivity index (χ0n) is 17.5. The molecule has 0 aliphatic rings. The van der Waals surface area contributed by atoms with Crippen LogP contribution in [-0.2, 0) is 6.54 Å². The molecule has 0 bridgehead atoms. The summed E-state index contributed by atoms with van der Waals surface area (Å²) in [6.07, 6.45) is 10.5. The molecule has 2 N–H and O–H groups in total. The summed E-state index contributed by atoms with van der Waals surface area (Å²) in [5, 5.41) is 6.35. The van der Waals surface area contributed by atoms with Gasteiger partial charge in [-0.2, -0.15) is 4.98 Å². The minimum Gasteiger partial charge on any atom is -0.389 e. The second-order valence-corrected chi connectivity index (χ2v) is 8.27. The first kappa shape index (κ1) is 22.0. The van der Waals surface area contributed by atoms with Crippen molar-refractivity contribution in [3.63, 3.8) is 0 Å². The van der Waals surface area contributed by atoms with Crippen LogP contribution in [0.1, 0.15) is 66.2 Å².